The van der Waals surface area contributed by atoms with E-state index in [0.717, 1.165) is 32.1 Å². The van der Waals surface area contributed by atoms with Crippen LogP contribution in [-0.2, 0) is 10.2 Å². The van der Waals surface area contributed by atoms with Crippen LogP contribution in [0.4, 0.5) is 0 Å². The Morgan fingerprint density at radius 1 is 1.35 bits per heavy atom. The standard InChI is InChI=1S/C20H23NO4S/c1-14-11-16(12-18(22)24-14)25-15-6-9-21(13-15)19(23)20(7-2-3-8-20)17-5-4-10-26-17/h4-5,10-12,15H,2-3,6-9,13H2,1H3. The first-order chi connectivity index (χ1) is 12.6. The number of amides is 1. The summed E-state index contributed by atoms with van der Waals surface area (Å²) >= 11 is 1.69. The van der Waals surface area contributed by atoms with Crippen molar-refractivity contribution >= 4 is 17.2 Å². The summed E-state index contributed by atoms with van der Waals surface area (Å²) in [5, 5.41) is 2.06. The number of nitrogens with zero attached hydrogens (tertiary/aromatic N) is 1. The first-order valence-electron chi connectivity index (χ1n) is 9.19. The summed E-state index contributed by atoms with van der Waals surface area (Å²) in [7, 11) is 0. The van der Waals surface area contributed by atoms with Gasteiger partial charge in [-0.3, -0.25) is 4.79 Å². The van der Waals surface area contributed by atoms with Crippen LogP contribution in [0.2, 0.25) is 0 Å². The lowest BCUT2D eigenvalue weighted by atomic mass is 9.83. The molecule has 0 aromatic carbocycles. The number of thiophene rings is 1. The molecule has 1 atom stereocenters. The number of hydrogen-bond acceptors (Lipinski definition) is 5. The number of carbonyl (C=O) groups excluding carboxylic acids is 1. The Kier molecular flexibility index (Phi) is 4.61. The van der Waals surface area contributed by atoms with Crippen molar-refractivity contribution in [1.29, 1.82) is 0 Å². The first kappa shape index (κ1) is 17.3. The topological polar surface area (TPSA) is 59.8 Å². The monoisotopic (exact) mass is 373 g/mol. The minimum atomic E-state index is -0.409. The molecule has 1 saturated carbocycles. The van der Waals surface area contributed by atoms with Crippen molar-refractivity contribution in [3.8, 4) is 5.75 Å². The summed E-state index contributed by atoms with van der Waals surface area (Å²) < 4.78 is 10.9. The van der Waals surface area contributed by atoms with Gasteiger partial charge in [0.15, 0.2) is 0 Å². The average molecular weight is 373 g/mol. The highest BCUT2D eigenvalue weighted by Crippen LogP contribution is 2.45. The molecular weight excluding hydrogens is 350 g/mol. The Balaban J connectivity index is 1.47. The minimum absolute atomic E-state index is 0.0815. The van der Waals surface area contributed by atoms with Crippen LogP contribution in [0.1, 0.15) is 42.7 Å². The van der Waals surface area contributed by atoms with E-state index in [9.17, 15) is 9.59 Å². The van der Waals surface area contributed by atoms with Gasteiger partial charge in [0.05, 0.1) is 18.0 Å². The van der Waals surface area contributed by atoms with E-state index in [0.29, 0.717) is 24.6 Å². The van der Waals surface area contributed by atoms with E-state index >= 15 is 0 Å². The Morgan fingerprint density at radius 2 is 2.15 bits per heavy atom. The second kappa shape index (κ2) is 6.91. The number of carbonyl (C=O) groups is 1. The maximum absolute atomic E-state index is 13.4. The fourth-order valence-corrected chi connectivity index (χ4v) is 5.22. The average Bonchev–Trinajstić information content (AvgIpc) is 3.35. The maximum Gasteiger partial charge on any atom is 0.339 e. The van der Waals surface area contributed by atoms with Gasteiger partial charge in [-0.05, 0) is 31.2 Å². The van der Waals surface area contributed by atoms with E-state index < -0.39 is 5.63 Å². The van der Waals surface area contributed by atoms with Crippen molar-refractivity contribution in [2.24, 2.45) is 0 Å². The third-order valence-electron chi connectivity index (χ3n) is 5.46. The Labute approximate surface area is 156 Å². The minimum Gasteiger partial charge on any atom is -0.488 e. The molecule has 1 aliphatic carbocycles. The van der Waals surface area contributed by atoms with Crippen LogP contribution < -0.4 is 10.4 Å². The number of hydrogen-bond donors (Lipinski definition) is 0. The molecule has 0 spiro atoms. The normalized spacial score (nSPS) is 21.9. The number of likely N-dealkylation sites (tertiary alicyclic amines) is 1. The van der Waals surface area contributed by atoms with E-state index in [1.54, 1.807) is 24.3 Å². The molecule has 4 rings (SSSR count). The summed E-state index contributed by atoms with van der Waals surface area (Å²) in [6.45, 7) is 3.01. The van der Waals surface area contributed by atoms with Crippen molar-refractivity contribution in [2.75, 3.05) is 13.1 Å². The van der Waals surface area contributed by atoms with Gasteiger partial charge < -0.3 is 14.1 Å². The summed E-state index contributed by atoms with van der Waals surface area (Å²) in [4.78, 5) is 28.0. The molecule has 6 heteroatoms. The van der Waals surface area contributed by atoms with Crippen molar-refractivity contribution in [2.45, 2.75) is 50.5 Å². The summed E-state index contributed by atoms with van der Waals surface area (Å²) in [5.41, 5.74) is -0.749. The van der Waals surface area contributed by atoms with E-state index in [-0.39, 0.29) is 17.4 Å². The van der Waals surface area contributed by atoms with Gasteiger partial charge >= 0.3 is 5.63 Å². The maximum atomic E-state index is 13.4. The molecule has 3 heterocycles. The highest BCUT2D eigenvalue weighted by molar-refractivity contribution is 7.10. The molecule has 0 bridgehead atoms. The lowest BCUT2D eigenvalue weighted by molar-refractivity contribution is -0.136. The van der Waals surface area contributed by atoms with Crippen LogP contribution >= 0.6 is 11.3 Å². The lowest BCUT2D eigenvalue weighted by Gasteiger charge is -2.31. The fourth-order valence-electron chi connectivity index (χ4n) is 4.24. The third-order valence-corrected chi connectivity index (χ3v) is 6.54. The zero-order chi connectivity index (χ0) is 18.1. The molecule has 1 aliphatic heterocycles. The van der Waals surface area contributed by atoms with E-state index in [1.165, 1.54) is 10.9 Å². The molecule has 2 aliphatic rings. The number of ether oxygens (including phenoxy) is 1. The van der Waals surface area contributed by atoms with Crippen LogP contribution in [0.5, 0.6) is 5.75 Å². The highest BCUT2D eigenvalue weighted by Gasteiger charge is 2.47. The van der Waals surface area contributed by atoms with Gasteiger partial charge in [-0.2, -0.15) is 0 Å². The zero-order valence-electron chi connectivity index (χ0n) is 14.9. The van der Waals surface area contributed by atoms with Crippen LogP contribution in [0.3, 0.4) is 0 Å². The zero-order valence-corrected chi connectivity index (χ0v) is 15.7. The molecule has 0 radical (unpaired) electrons. The predicted octanol–water partition coefficient (Wildman–Crippen LogP) is 3.50. The summed E-state index contributed by atoms with van der Waals surface area (Å²) in [5.74, 6) is 1.29. The van der Waals surface area contributed by atoms with Crippen LogP contribution in [0, 0.1) is 6.92 Å². The van der Waals surface area contributed by atoms with Crippen molar-refractivity contribution in [1.82, 2.24) is 4.90 Å². The first-order valence-corrected chi connectivity index (χ1v) is 10.1. The smallest absolute Gasteiger partial charge is 0.339 e. The van der Waals surface area contributed by atoms with E-state index in [2.05, 4.69) is 11.4 Å². The molecule has 5 nitrogen and oxygen atoms in total. The number of aryl methyl sites for hydroxylation is 1. The second-order valence-electron chi connectivity index (χ2n) is 7.27. The van der Waals surface area contributed by atoms with Crippen molar-refractivity contribution in [3.05, 3.63) is 50.7 Å². The molecule has 1 saturated heterocycles. The van der Waals surface area contributed by atoms with Crippen molar-refractivity contribution in [3.63, 3.8) is 0 Å². The molecule has 26 heavy (non-hydrogen) atoms. The van der Waals surface area contributed by atoms with Gasteiger partial charge in [-0.15, -0.1) is 11.3 Å². The summed E-state index contributed by atoms with van der Waals surface area (Å²) in [6, 6.07) is 7.22. The van der Waals surface area contributed by atoms with Gasteiger partial charge in [0, 0.05) is 23.9 Å². The Morgan fingerprint density at radius 3 is 2.85 bits per heavy atom. The van der Waals surface area contributed by atoms with Gasteiger partial charge in [-0.25, -0.2) is 4.79 Å². The van der Waals surface area contributed by atoms with Crippen LogP contribution in [0.15, 0.2) is 38.9 Å². The number of rotatable bonds is 4. The quantitative estimate of drug-likeness (QED) is 0.823. The Bertz CT molecular complexity index is 836. The third kappa shape index (κ3) is 3.18. The molecule has 0 N–H and O–H groups in total. The van der Waals surface area contributed by atoms with Gasteiger partial charge in [0.1, 0.15) is 17.6 Å². The van der Waals surface area contributed by atoms with Crippen LogP contribution in [0.25, 0.3) is 0 Å². The largest absolute Gasteiger partial charge is 0.488 e. The molecule has 2 aromatic heterocycles. The molecule has 1 unspecified atom stereocenters. The molecule has 2 fully saturated rings. The van der Waals surface area contributed by atoms with E-state index in [1.807, 2.05) is 11.0 Å². The molecular formula is C20H23NO4S. The SMILES string of the molecule is Cc1cc(OC2CCN(C(=O)C3(c4cccs4)CCCC3)C2)cc(=O)o1. The van der Waals surface area contributed by atoms with Crippen molar-refractivity contribution < 1.29 is 13.9 Å². The van der Waals surface area contributed by atoms with Gasteiger partial charge in [0.2, 0.25) is 5.91 Å². The lowest BCUT2D eigenvalue weighted by Crippen LogP contribution is -2.44. The van der Waals surface area contributed by atoms with Gasteiger partial charge in [-0.1, -0.05) is 18.9 Å². The van der Waals surface area contributed by atoms with Gasteiger partial charge in [0.25, 0.3) is 0 Å². The van der Waals surface area contributed by atoms with Crippen LogP contribution in [-0.4, -0.2) is 30.0 Å². The molecule has 1 amide bonds. The second-order valence-corrected chi connectivity index (χ2v) is 8.22. The molecule has 2 aromatic rings. The van der Waals surface area contributed by atoms with E-state index in [4.69, 9.17) is 9.15 Å². The summed E-state index contributed by atoms with van der Waals surface area (Å²) in [6.07, 6.45) is 4.79. The molecule has 138 valence electrons. The highest BCUT2D eigenvalue weighted by atomic mass is 32.1. The predicted molar refractivity (Wildman–Crippen MR) is 99.8 cm³/mol. The fraction of sp³-hybridized carbons (Fsp3) is 0.500. The Hall–Kier alpha value is -2.08.